The summed E-state index contributed by atoms with van der Waals surface area (Å²) >= 11 is 0. The standard InChI is InChI=1S/C10H12.B2/c1-2-3-7-10-8-5-4-6-9-10;1-2/h3-9H,2H2,1H3;/b7-3+;. The molecule has 0 heterocycles. The summed E-state index contributed by atoms with van der Waals surface area (Å²) in [5, 5.41) is 0. The second-order valence-corrected chi connectivity index (χ2v) is 2.22. The first-order valence-corrected chi connectivity index (χ1v) is 3.98. The van der Waals surface area contributed by atoms with Gasteiger partial charge in [-0.1, -0.05) is 49.4 Å². The maximum atomic E-state index is 4.00. The fraction of sp³-hybridized carbons (Fsp3) is 0.200. The van der Waals surface area contributed by atoms with Gasteiger partial charge in [-0.15, -0.1) is 0 Å². The number of rotatable bonds is 2. The van der Waals surface area contributed by atoms with Crippen LogP contribution in [0.15, 0.2) is 36.4 Å². The average molecular weight is 154 g/mol. The molecule has 0 aliphatic carbocycles. The summed E-state index contributed by atoms with van der Waals surface area (Å²) < 4.78 is 0. The maximum absolute atomic E-state index is 4.00. The van der Waals surface area contributed by atoms with E-state index in [1.807, 2.05) is 6.07 Å². The molecule has 1 rings (SSSR count). The molecule has 0 aromatic heterocycles. The molecule has 0 saturated heterocycles. The van der Waals surface area contributed by atoms with E-state index in [-0.39, 0.29) is 0 Å². The molecule has 1 aromatic rings. The van der Waals surface area contributed by atoms with E-state index in [2.05, 4.69) is 58.8 Å². The van der Waals surface area contributed by atoms with Crippen molar-refractivity contribution in [2.24, 2.45) is 0 Å². The lowest BCUT2D eigenvalue weighted by Crippen LogP contribution is -1.66. The molecular weight excluding hydrogens is 142 g/mol. The third kappa shape index (κ3) is 4.84. The van der Waals surface area contributed by atoms with E-state index in [9.17, 15) is 0 Å². The van der Waals surface area contributed by atoms with E-state index in [0.29, 0.717) is 0 Å². The van der Waals surface area contributed by atoms with Gasteiger partial charge in [0.2, 0.25) is 0 Å². The number of hydrogen-bond donors (Lipinski definition) is 0. The molecule has 12 heavy (non-hydrogen) atoms. The van der Waals surface area contributed by atoms with E-state index in [0.717, 1.165) is 6.42 Å². The van der Waals surface area contributed by atoms with Gasteiger partial charge in [0.05, 0.1) is 0 Å². The van der Waals surface area contributed by atoms with E-state index in [1.54, 1.807) is 0 Å². The lowest BCUT2D eigenvalue weighted by Gasteiger charge is -1.88. The first-order valence-electron chi connectivity index (χ1n) is 3.98. The van der Waals surface area contributed by atoms with Crippen molar-refractivity contribution >= 4 is 21.6 Å². The Morgan fingerprint density at radius 1 is 1.17 bits per heavy atom. The van der Waals surface area contributed by atoms with Crippen LogP contribution in [0.3, 0.4) is 0 Å². The highest BCUT2D eigenvalue weighted by Gasteiger charge is 1.78. The molecule has 1 aromatic carbocycles. The van der Waals surface area contributed by atoms with Gasteiger partial charge >= 0.3 is 0 Å². The zero-order valence-corrected chi connectivity index (χ0v) is 7.40. The van der Waals surface area contributed by atoms with Crippen molar-refractivity contribution in [1.82, 2.24) is 0 Å². The van der Waals surface area contributed by atoms with Crippen molar-refractivity contribution in [3.63, 3.8) is 0 Å². The molecule has 0 atom stereocenters. The fourth-order valence-corrected chi connectivity index (χ4v) is 0.818. The lowest BCUT2D eigenvalue weighted by molar-refractivity contribution is 1.23. The van der Waals surface area contributed by atoms with Crippen molar-refractivity contribution in [3.8, 4) is 0 Å². The van der Waals surface area contributed by atoms with Gasteiger partial charge in [0.25, 0.3) is 0 Å². The molecule has 0 fully saturated rings. The lowest BCUT2D eigenvalue weighted by atomic mass is 9.81. The Kier molecular flexibility index (Phi) is 7.57. The molecule has 0 saturated carbocycles. The van der Waals surface area contributed by atoms with Gasteiger partial charge in [-0.25, -0.2) is 0 Å². The van der Waals surface area contributed by atoms with Gasteiger partial charge < -0.3 is 0 Å². The summed E-state index contributed by atoms with van der Waals surface area (Å²) in [6.45, 7) is 2.14. The molecule has 4 radical (unpaired) electrons. The predicted molar refractivity (Wildman–Crippen MR) is 57.3 cm³/mol. The summed E-state index contributed by atoms with van der Waals surface area (Å²) in [7, 11) is 8.00. The minimum atomic E-state index is 1.11. The highest BCUT2D eigenvalue weighted by Crippen LogP contribution is 2.00. The van der Waals surface area contributed by atoms with Crippen LogP contribution >= 0.6 is 0 Å². The van der Waals surface area contributed by atoms with Gasteiger partial charge in [0.1, 0.15) is 0 Å². The number of hydrogen-bond acceptors (Lipinski definition) is 0. The van der Waals surface area contributed by atoms with Crippen LogP contribution in [0, 0.1) is 0 Å². The quantitative estimate of drug-likeness (QED) is 0.573. The van der Waals surface area contributed by atoms with Crippen molar-refractivity contribution < 1.29 is 0 Å². The van der Waals surface area contributed by atoms with E-state index in [4.69, 9.17) is 0 Å². The average Bonchev–Trinajstić information content (AvgIpc) is 2.19. The van der Waals surface area contributed by atoms with Crippen LogP contribution in [0.4, 0.5) is 0 Å². The zero-order valence-electron chi connectivity index (χ0n) is 7.40. The Bertz CT molecular complexity index is 204. The smallest absolute Gasteiger partial charge is 0 e. The molecule has 58 valence electrons. The highest BCUT2D eigenvalue weighted by molar-refractivity contribution is 6.75. The number of benzene rings is 1. The molecule has 0 bridgehead atoms. The summed E-state index contributed by atoms with van der Waals surface area (Å²) in [6, 6.07) is 10.3. The van der Waals surface area contributed by atoms with Gasteiger partial charge in [0.15, 0.2) is 0 Å². The largest absolute Gasteiger partial charge is 0.0842 e. The van der Waals surface area contributed by atoms with Crippen LogP contribution in [0.25, 0.3) is 6.08 Å². The normalized spacial score (nSPS) is 9.08. The Hall–Kier alpha value is -0.910. The van der Waals surface area contributed by atoms with Crippen LogP contribution < -0.4 is 0 Å². The zero-order chi connectivity index (χ0) is 9.23. The van der Waals surface area contributed by atoms with Crippen molar-refractivity contribution in [2.45, 2.75) is 13.3 Å². The van der Waals surface area contributed by atoms with Gasteiger partial charge in [-0.3, -0.25) is 0 Å². The molecule has 0 nitrogen and oxygen atoms in total. The minimum absolute atomic E-state index is 1.11. The third-order valence-corrected chi connectivity index (χ3v) is 1.35. The molecule has 0 spiro atoms. The third-order valence-electron chi connectivity index (χ3n) is 1.35. The second-order valence-electron chi connectivity index (χ2n) is 2.22. The SMILES string of the molecule is CC/C=C/c1ccccc1.[B][B]. The molecule has 0 aliphatic rings. The van der Waals surface area contributed by atoms with E-state index in [1.165, 1.54) is 5.56 Å². The summed E-state index contributed by atoms with van der Waals surface area (Å²) in [4.78, 5) is 0. The van der Waals surface area contributed by atoms with E-state index >= 15 is 0 Å². The highest BCUT2D eigenvalue weighted by atomic mass is 13.8. The minimum Gasteiger partial charge on any atom is -0.0842 e. The summed E-state index contributed by atoms with van der Waals surface area (Å²) in [5.74, 6) is 0. The van der Waals surface area contributed by atoms with Crippen LogP contribution in [0.5, 0.6) is 0 Å². The van der Waals surface area contributed by atoms with Crippen molar-refractivity contribution in [2.75, 3.05) is 0 Å². The Morgan fingerprint density at radius 2 is 1.75 bits per heavy atom. The van der Waals surface area contributed by atoms with Gasteiger partial charge in [0, 0.05) is 15.5 Å². The van der Waals surface area contributed by atoms with Crippen molar-refractivity contribution in [3.05, 3.63) is 42.0 Å². The molecule has 0 aliphatic heterocycles. The first-order chi connectivity index (χ1) is 5.93. The molecule has 0 N–H and O–H groups in total. The second kappa shape index (κ2) is 8.19. The van der Waals surface area contributed by atoms with Crippen LogP contribution in [0.2, 0.25) is 0 Å². The fourth-order valence-electron chi connectivity index (χ4n) is 0.818. The Labute approximate surface area is 77.5 Å². The topological polar surface area (TPSA) is 0 Å². The van der Waals surface area contributed by atoms with Crippen LogP contribution in [-0.4, -0.2) is 15.5 Å². The van der Waals surface area contributed by atoms with Gasteiger partial charge in [-0.05, 0) is 12.0 Å². The maximum Gasteiger partial charge on any atom is 0 e. The van der Waals surface area contributed by atoms with E-state index < -0.39 is 0 Å². The Morgan fingerprint density at radius 3 is 2.25 bits per heavy atom. The summed E-state index contributed by atoms with van der Waals surface area (Å²) in [5.41, 5.74) is 1.28. The molecular formula is C10H12B2. The predicted octanol–water partition coefficient (Wildman–Crippen LogP) is 2.35. The van der Waals surface area contributed by atoms with Gasteiger partial charge in [-0.2, -0.15) is 0 Å². The Balaban J connectivity index is 0.000000561. The van der Waals surface area contributed by atoms with Crippen LogP contribution in [-0.2, 0) is 0 Å². The molecule has 0 amide bonds. The molecule has 0 unspecified atom stereocenters. The van der Waals surface area contributed by atoms with Crippen molar-refractivity contribution in [1.29, 1.82) is 0 Å². The number of allylic oxidation sites excluding steroid dienone is 1. The first kappa shape index (κ1) is 11.1. The molecule has 2 heteroatoms. The monoisotopic (exact) mass is 154 g/mol. The van der Waals surface area contributed by atoms with Crippen LogP contribution in [0.1, 0.15) is 18.9 Å². The summed E-state index contributed by atoms with van der Waals surface area (Å²) in [6.07, 6.45) is 5.41.